The third-order valence-electron chi connectivity index (χ3n) is 2.27. The quantitative estimate of drug-likeness (QED) is 0.602. The molecular formula is C12H12N2O3. The zero-order chi connectivity index (χ0) is 12.4. The average molecular weight is 232 g/mol. The van der Waals surface area contributed by atoms with E-state index in [0.717, 1.165) is 0 Å². The molecule has 17 heavy (non-hydrogen) atoms. The zero-order valence-corrected chi connectivity index (χ0v) is 9.58. The molecule has 0 saturated heterocycles. The largest absolute Gasteiger partial charge is 0.489 e. The van der Waals surface area contributed by atoms with E-state index in [1.165, 1.54) is 6.07 Å². The molecular weight excluding hydrogens is 220 g/mol. The predicted octanol–water partition coefficient (Wildman–Crippen LogP) is 2.93. The van der Waals surface area contributed by atoms with Gasteiger partial charge < -0.3 is 4.74 Å². The summed E-state index contributed by atoms with van der Waals surface area (Å²) in [5.74, 6) is 0.571. The van der Waals surface area contributed by atoms with Gasteiger partial charge in [-0.3, -0.25) is 15.1 Å². The number of nitrogens with zero attached hydrogens (tertiary/aromatic N) is 2. The lowest BCUT2D eigenvalue weighted by Crippen LogP contribution is -2.06. The van der Waals surface area contributed by atoms with Crippen LogP contribution in [0.25, 0.3) is 10.9 Å². The van der Waals surface area contributed by atoms with Gasteiger partial charge in [0.15, 0.2) is 0 Å². The highest BCUT2D eigenvalue weighted by Gasteiger charge is 2.15. The van der Waals surface area contributed by atoms with E-state index < -0.39 is 4.92 Å². The predicted molar refractivity (Wildman–Crippen MR) is 64.2 cm³/mol. The second kappa shape index (κ2) is 4.37. The number of hydrogen-bond acceptors (Lipinski definition) is 4. The zero-order valence-electron chi connectivity index (χ0n) is 9.58. The summed E-state index contributed by atoms with van der Waals surface area (Å²) in [4.78, 5) is 14.6. The van der Waals surface area contributed by atoms with Crippen LogP contribution in [0.1, 0.15) is 13.8 Å². The van der Waals surface area contributed by atoms with E-state index in [2.05, 4.69) is 4.98 Å². The summed E-state index contributed by atoms with van der Waals surface area (Å²) in [6.45, 7) is 3.80. The van der Waals surface area contributed by atoms with Gasteiger partial charge >= 0.3 is 0 Å². The molecule has 5 heteroatoms. The van der Waals surface area contributed by atoms with Crippen LogP contribution in [0.3, 0.4) is 0 Å². The SMILES string of the molecule is CC(C)Oc1ccc([N+](=O)[O-])c2cccnc12. The van der Waals surface area contributed by atoms with Gasteiger partial charge in [-0.25, -0.2) is 0 Å². The van der Waals surface area contributed by atoms with Crippen molar-refractivity contribution in [2.75, 3.05) is 0 Å². The summed E-state index contributed by atoms with van der Waals surface area (Å²) in [6, 6.07) is 6.39. The van der Waals surface area contributed by atoms with Crippen LogP contribution in [0.4, 0.5) is 5.69 Å². The van der Waals surface area contributed by atoms with Crippen LogP contribution in [-0.2, 0) is 0 Å². The van der Waals surface area contributed by atoms with Gasteiger partial charge in [0.2, 0.25) is 0 Å². The van der Waals surface area contributed by atoms with E-state index >= 15 is 0 Å². The maximum atomic E-state index is 10.9. The molecule has 5 nitrogen and oxygen atoms in total. The number of ether oxygens (including phenoxy) is 1. The van der Waals surface area contributed by atoms with Gasteiger partial charge in [0.25, 0.3) is 5.69 Å². The van der Waals surface area contributed by atoms with E-state index in [4.69, 9.17) is 4.74 Å². The molecule has 2 aromatic rings. The monoisotopic (exact) mass is 232 g/mol. The molecule has 0 spiro atoms. The van der Waals surface area contributed by atoms with Gasteiger partial charge in [0.1, 0.15) is 11.3 Å². The minimum atomic E-state index is -0.414. The first-order chi connectivity index (χ1) is 8.09. The molecule has 1 aromatic heterocycles. The maximum absolute atomic E-state index is 10.9. The highest BCUT2D eigenvalue weighted by molar-refractivity contribution is 5.92. The Labute approximate surface area is 98.2 Å². The number of nitro groups is 1. The third-order valence-corrected chi connectivity index (χ3v) is 2.27. The molecule has 0 unspecified atom stereocenters. The molecule has 0 bridgehead atoms. The number of aromatic nitrogens is 1. The van der Waals surface area contributed by atoms with Crippen molar-refractivity contribution in [1.82, 2.24) is 4.98 Å². The molecule has 0 aliphatic rings. The average Bonchev–Trinajstić information content (AvgIpc) is 2.28. The van der Waals surface area contributed by atoms with Gasteiger partial charge in [-0.15, -0.1) is 0 Å². The Hall–Kier alpha value is -2.17. The molecule has 2 rings (SSSR count). The van der Waals surface area contributed by atoms with Gasteiger partial charge in [-0.1, -0.05) is 0 Å². The lowest BCUT2D eigenvalue weighted by atomic mass is 10.1. The van der Waals surface area contributed by atoms with Gasteiger partial charge in [-0.05, 0) is 32.0 Å². The van der Waals surface area contributed by atoms with E-state index in [-0.39, 0.29) is 11.8 Å². The van der Waals surface area contributed by atoms with Crippen LogP contribution in [0.5, 0.6) is 5.75 Å². The summed E-state index contributed by atoms with van der Waals surface area (Å²) < 4.78 is 5.58. The van der Waals surface area contributed by atoms with Crippen molar-refractivity contribution in [3.63, 3.8) is 0 Å². The van der Waals surface area contributed by atoms with Crippen molar-refractivity contribution in [3.8, 4) is 5.75 Å². The number of pyridine rings is 1. The smallest absolute Gasteiger partial charge is 0.279 e. The molecule has 0 N–H and O–H groups in total. The summed E-state index contributed by atoms with van der Waals surface area (Å²) in [6.07, 6.45) is 1.60. The Morgan fingerprint density at radius 2 is 2.12 bits per heavy atom. The lowest BCUT2D eigenvalue weighted by Gasteiger charge is -2.11. The third kappa shape index (κ3) is 2.18. The number of fused-ring (bicyclic) bond motifs is 1. The maximum Gasteiger partial charge on any atom is 0.279 e. The topological polar surface area (TPSA) is 65.3 Å². The van der Waals surface area contributed by atoms with Gasteiger partial charge in [0.05, 0.1) is 16.4 Å². The van der Waals surface area contributed by atoms with Crippen LogP contribution in [-0.4, -0.2) is 16.0 Å². The molecule has 0 saturated carbocycles. The molecule has 1 heterocycles. The lowest BCUT2D eigenvalue weighted by molar-refractivity contribution is -0.383. The first kappa shape index (κ1) is 11.3. The van der Waals surface area contributed by atoms with Crippen LogP contribution < -0.4 is 4.74 Å². The number of rotatable bonds is 3. The number of non-ortho nitro benzene ring substituents is 1. The molecule has 0 atom stereocenters. The molecule has 1 aromatic carbocycles. The standard InChI is InChI=1S/C12H12N2O3/c1-8(2)17-11-6-5-10(14(15)16)9-4-3-7-13-12(9)11/h3-8H,1-2H3. The first-order valence-electron chi connectivity index (χ1n) is 5.28. The fraction of sp³-hybridized carbons (Fsp3) is 0.250. The molecule has 0 amide bonds. The fourth-order valence-corrected chi connectivity index (χ4v) is 1.64. The van der Waals surface area contributed by atoms with E-state index in [0.29, 0.717) is 16.7 Å². The van der Waals surface area contributed by atoms with Gasteiger partial charge in [-0.2, -0.15) is 0 Å². The van der Waals surface area contributed by atoms with Crippen molar-refractivity contribution >= 4 is 16.6 Å². The number of hydrogen-bond donors (Lipinski definition) is 0. The Bertz CT molecular complexity index is 567. The highest BCUT2D eigenvalue weighted by Crippen LogP contribution is 2.31. The normalized spacial score (nSPS) is 10.8. The molecule has 88 valence electrons. The molecule has 0 aliphatic heterocycles. The Kier molecular flexibility index (Phi) is 2.91. The van der Waals surface area contributed by atoms with Crippen molar-refractivity contribution in [2.45, 2.75) is 20.0 Å². The van der Waals surface area contributed by atoms with Gasteiger partial charge in [0, 0.05) is 12.3 Å². The first-order valence-corrected chi connectivity index (χ1v) is 5.28. The highest BCUT2D eigenvalue weighted by atomic mass is 16.6. The minimum Gasteiger partial charge on any atom is -0.489 e. The minimum absolute atomic E-state index is 0.00154. The molecule has 0 radical (unpaired) electrons. The summed E-state index contributed by atoms with van der Waals surface area (Å²) in [5, 5.41) is 11.4. The van der Waals surface area contributed by atoms with E-state index in [9.17, 15) is 10.1 Å². The van der Waals surface area contributed by atoms with Crippen LogP contribution in [0.15, 0.2) is 30.5 Å². The summed E-state index contributed by atoms with van der Waals surface area (Å²) in [5.41, 5.74) is 0.569. The Morgan fingerprint density at radius 3 is 2.76 bits per heavy atom. The van der Waals surface area contributed by atoms with Crippen LogP contribution in [0, 0.1) is 10.1 Å². The Morgan fingerprint density at radius 1 is 1.35 bits per heavy atom. The molecule has 0 fully saturated rings. The Balaban J connectivity index is 2.66. The van der Waals surface area contributed by atoms with Crippen molar-refractivity contribution < 1.29 is 9.66 Å². The number of benzene rings is 1. The second-order valence-electron chi connectivity index (χ2n) is 3.91. The molecule has 0 aliphatic carbocycles. The van der Waals surface area contributed by atoms with E-state index in [1.807, 2.05) is 13.8 Å². The van der Waals surface area contributed by atoms with Crippen molar-refractivity contribution in [1.29, 1.82) is 0 Å². The van der Waals surface area contributed by atoms with E-state index in [1.54, 1.807) is 24.4 Å². The summed E-state index contributed by atoms with van der Waals surface area (Å²) >= 11 is 0. The second-order valence-corrected chi connectivity index (χ2v) is 3.91. The van der Waals surface area contributed by atoms with Crippen LogP contribution >= 0.6 is 0 Å². The number of nitro benzene ring substituents is 1. The summed E-state index contributed by atoms with van der Waals surface area (Å²) in [7, 11) is 0. The van der Waals surface area contributed by atoms with Crippen LogP contribution in [0.2, 0.25) is 0 Å². The van der Waals surface area contributed by atoms with Crippen molar-refractivity contribution in [2.24, 2.45) is 0 Å². The van der Waals surface area contributed by atoms with Crippen molar-refractivity contribution in [3.05, 3.63) is 40.6 Å². The fourth-order valence-electron chi connectivity index (χ4n) is 1.64.